The van der Waals surface area contributed by atoms with Crippen LogP contribution in [0.3, 0.4) is 0 Å². The van der Waals surface area contributed by atoms with E-state index in [1.165, 1.54) is 29.1 Å². The number of amides is 1. The van der Waals surface area contributed by atoms with Crippen LogP contribution >= 0.6 is 23.5 Å². The molecule has 0 unspecified atom stereocenters. The van der Waals surface area contributed by atoms with E-state index < -0.39 is 0 Å². The first-order chi connectivity index (χ1) is 15.7. The monoisotopic (exact) mass is 472 g/mol. The minimum atomic E-state index is -0.0457. The molecule has 7 heteroatoms. The maximum absolute atomic E-state index is 12.4. The highest BCUT2D eigenvalue weighted by atomic mass is 32.2. The van der Waals surface area contributed by atoms with Gasteiger partial charge >= 0.3 is 0 Å². The molecule has 5 nitrogen and oxygen atoms in total. The van der Waals surface area contributed by atoms with E-state index in [-0.39, 0.29) is 18.6 Å². The van der Waals surface area contributed by atoms with Crippen molar-refractivity contribution in [3.05, 3.63) is 59.7 Å². The lowest BCUT2D eigenvalue weighted by Gasteiger charge is -2.32. The highest BCUT2D eigenvalue weighted by molar-refractivity contribution is 8.16. The van der Waals surface area contributed by atoms with E-state index in [9.17, 15) is 4.79 Å². The summed E-state index contributed by atoms with van der Waals surface area (Å²) in [6.07, 6.45) is 3.20. The molecule has 4 rings (SSSR count). The van der Waals surface area contributed by atoms with Crippen LogP contribution in [0.4, 0.5) is 0 Å². The lowest BCUT2D eigenvalue weighted by atomic mass is 10.0. The third-order valence-electron chi connectivity index (χ3n) is 5.89. The van der Waals surface area contributed by atoms with Crippen LogP contribution in [0.5, 0.6) is 11.5 Å². The second kappa shape index (κ2) is 11.9. The van der Waals surface area contributed by atoms with Gasteiger partial charge in [0, 0.05) is 31.2 Å². The molecule has 0 saturated carbocycles. The zero-order valence-electron chi connectivity index (χ0n) is 18.6. The number of hydrogen-bond donors (Lipinski definition) is 1. The SMILES string of the molecule is COc1ccccc1CN1CCC(NC(=O)COc2ccc(C3SCCCS3)cc2)CC1. The Morgan fingerprint density at radius 1 is 1.06 bits per heavy atom. The number of rotatable bonds is 8. The Balaban J connectivity index is 1.17. The van der Waals surface area contributed by atoms with E-state index >= 15 is 0 Å². The van der Waals surface area contributed by atoms with Gasteiger partial charge in [-0.1, -0.05) is 30.3 Å². The van der Waals surface area contributed by atoms with Gasteiger partial charge in [-0.25, -0.2) is 0 Å². The van der Waals surface area contributed by atoms with Crippen molar-refractivity contribution in [3.63, 3.8) is 0 Å². The van der Waals surface area contributed by atoms with Gasteiger partial charge in [0.15, 0.2) is 6.61 Å². The van der Waals surface area contributed by atoms with Gasteiger partial charge in [0.05, 0.1) is 11.7 Å². The first-order valence-electron chi connectivity index (χ1n) is 11.3. The van der Waals surface area contributed by atoms with Gasteiger partial charge in [0.1, 0.15) is 11.5 Å². The Labute approximate surface area is 199 Å². The number of carbonyl (C=O) groups excluding carboxylic acids is 1. The number of thioether (sulfide) groups is 2. The first kappa shape index (κ1) is 23.3. The van der Waals surface area contributed by atoms with Gasteiger partial charge in [0.25, 0.3) is 5.91 Å². The molecule has 2 aliphatic heterocycles. The number of methoxy groups -OCH3 is 1. The zero-order valence-corrected chi connectivity index (χ0v) is 20.3. The van der Waals surface area contributed by atoms with Crippen LogP contribution < -0.4 is 14.8 Å². The molecule has 2 aliphatic rings. The third kappa shape index (κ3) is 6.59. The van der Waals surface area contributed by atoms with Crippen molar-refractivity contribution >= 4 is 29.4 Å². The van der Waals surface area contributed by atoms with Crippen LogP contribution in [-0.2, 0) is 11.3 Å². The molecular formula is C25H32N2O3S2. The largest absolute Gasteiger partial charge is 0.496 e. The van der Waals surface area contributed by atoms with Crippen molar-refractivity contribution in [2.45, 2.75) is 36.4 Å². The number of benzene rings is 2. The summed E-state index contributed by atoms with van der Waals surface area (Å²) in [6.45, 7) is 2.86. The van der Waals surface area contributed by atoms with E-state index in [4.69, 9.17) is 9.47 Å². The Hall–Kier alpha value is -1.83. The van der Waals surface area contributed by atoms with Crippen molar-refractivity contribution in [1.29, 1.82) is 0 Å². The molecule has 1 N–H and O–H groups in total. The molecule has 172 valence electrons. The summed E-state index contributed by atoms with van der Waals surface area (Å²) in [5, 5.41) is 3.14. The molecule has 0 bridgehead atoms. The van der Waals surface area contributed by atoms with E-state index in [1.54, 1.807) is 7.11 Å². The Morgan fingerprint density at radius 3 is 2.50 bits per heavy atom. The smallest absolute Gasteiger partial charge is 0.258 e. The number of para-hydroxylation sites is 1. The van der Waals surface area contributed by atoms with Crippen LogP contribution in [0.1, 0.15) is 35.0 Å². The summed E-state index contributed by atoms with van der Waals surface area (Å²) in [5.41, 5.74) is 2.54. The molecular weight excluding hydrogens is 440 g/mol. The Kier molecular flexibility index (Phi) is 8.65. The summed E-state index contributed by atoms with van der Waals surface area (Å²) in [5.74, 6) is 4.10. The lowest BCUT2D eigenvalue weighted by Crippen LogP contribution is -2.45. The van der Waals surface area contributed by atoms with Crippen molar-refractivity contribution in [3.8, 4) is 11.5 Å². The maximum atomic E-state index is 12.4. The molecule has 0 atom stereocenters. The summed E-state index contributed by atoms with van der Waals surface area (Å²) >= 11 is 4.02. The van der Waals surface area contributed by atoms with Crippen LogP contribution in [-0.4, -0.2) is 55.2 Å². The molecule has 2 saturated heterocycles. The molecule has 2 heterocycles. The fourth-order valence-electron chi connectivity index (χ4n) is 4.13. The fourth-order valence-corrected chi connectivity index (χ4v) is 7.02. The van der Waals surface area contributed by atoms with Crippen molar-refractivity contribution in [1.82, 2.24) is 10.2 Å². The third-order valence-corrected chi connectivity index (χ3v) is 8.90. The van der Waals surface area contributed by atoms with Gasteiger partial charge in [-0.05, 0) is 54.5 Å². The minimum absolute atomic E-state index is 0.0457. The highest BCUT2D eigenvalue weighted by Gasteiger charge is 2.22. The van der Waals surface area contributed by atoms with Crippen molar-refractivity contribution in [2.24, 2.45) is 0 Å². The molecule has 32 heavy (non-hydrogen) atoms. The van der Waals surface area contributed by atoms with E-state index in [1.807, 2.05) is 53.9 Å². The molecule has 0 spiro atoms. The predicted molar refractivity (Wildman–Crippen MR) is 134 cm³/mol. The number of carbonyl (C=O) groups is 1. The fraction of sp³-hybridized carbons (Fsp3) is 0.480. The topological polar surface area (TPSA) is 50.8 Å². The van der Waals surface area contributed by atoms with Gasteiger partial charge in [-0.15, -0.1) is 23.5 Å². The lowest BCUT2D eigenvalue weighted by molar-refractivity contribution is -0.124. The van der Waals surface area contributed by atoms with Gasteiger partial charge < -0.3 is 14.8 Å². The number of piperidine rings is 1. The van der Waals surface area contributed by atoms with Crippen LogP contribution in [0.2, 0.25) is 0 Å². The number of nitrogens with one attached hydrogen (secondary N) is 1. The van der Waals surface area contributed by atoms with E-state index in [0.717, 1.165) is 44.0 Å². The minimum Gasteiger partial charge on any atom is -0.496 e. The van der Waals surface area contributed by atoms with Crippen molar-refractivity contribution < 1.29 is 14.3 Å². The summed E-state index contributed by atoms with van der Waals surface area (Å²) in [7, 11) is 1.71. The van der Waals surface area contributed by atoms with Crippen LogP contribution in [0, 0.1) is 0 Å². The first-order valence-corrected chi connectivity index (χ1v) is 13.4. The molecule has 0 aromatic heterocycles. The summed E-state index contributed by atoms with van der Waals surface area (Å²) in [6, 6.07) is 16.6. The number of hydrogen-bond acceptors (Lipinski definition) is 6. The van der Waals surface area contributed by atoms with E-state index in [2.05, 4.69) is 28.4 Å². The molecule has 2 fully saturated rings. The molecule has 2 aromatic carbocycles. The van der Waals surface area contributed by atoms with Gasteiger partial charge in [0.2, 0.25) is 0 Å². The Bertz CT molecular complexity index is 864. The zero-order chi connectivity index (χ0) is 22.2. The second-order valence-electron chi connectivity index (χ2n) is 8.21. The average molecular weight is 473 g/mol. The number of ether oxygens (including phenoxy) is 2. The quantitative estimate of drug-likeness (QED) is 0.600. The number of nitrogens with zero attached hydrogens (tertiary/aromatic N) is 1. The second-order valence-corrected chi connectivity index (χ2v) is 10.9. The van der Waals surface area contributed by atoms with Gasteiger partial charge in [-0.2, -0.15) is 0 Å². The van der Waals surface area contributed by atoms with Crippen molar-refractivity contribution in [2.75, 3.05) is 38.3 Å². The Morgan fingerprint density at radius 2 is 1.78 bits per heavy atom. The molecule has 0 aliphatic carbocycles. The standard InChI is InChI=1S/C25H32N2O3S2/c1-29-23-6-3-2-5-20(23)17-27-13-11-21(12-14-27)26-24(28)18-30-22-9-7-19(8-10-22)25-31-15-4-16-32-25/h2-3,5-10,21,25H,4,11-18H2,1H3,(H,26,28). The molecule has 2 aromatic rings. The van der Waals surface area contributed by atoms with E-state index in [0.29, 0.717) is 4.58 Å². The van der Waals surface area contributed by atoms with Crippen LogP contribution in [0.25, 0.3) is 0 Å². The number of likely N-dealkylation sites (tertiary alicyclic amines) is 1. The maximum Gasteiger partial charge on any atom is 0.258 e. The summed E-state index contributed by atoms with van der Waals surface area (Å²) < 4.78 is 11.7. The van der Waals surface area contributed by atoms with Gasteiger partial charge in [-0.3, -0.25) is 9.69 Å². The van der Waals surface area contributed by atoms with Crippen LogP contribution in [0.15, 0.2) is 48.5 Å². The normalized spacial score (nSPS) is 18.3. The molecule has 0 radical (unpaired) electrons. The summed E-state index contributed by atoms with van der Waals surface area (Å²) in [4.78, 5) is 14.8. The highest BCUT2D eigenvalue weighted by Crippen LogP contribution is 2.43. The predicted octanol–water partition coefficient (Wildman–Crippen LogP) is 4.72. The molecule has 1 amide bonds. The average Bonchev–Trinajstić information content (AvgIpc) is 2.85.